The summed E-state index contributed by atoms with van der Waals surface area (Å²) in [7, 11) is -3.78. The predicted octanol–water partition coefficient (Wildman–Crippen LogP) is 5.78. The molecule has 0 bridgehead atoms. The largest absolute Gasteiger partial charge is 0.475 e. The highest BCUT2D eigenvalue weighted by Crippen LogP contribution is 2.37. The number of sulfonamides is 1. The van der Waals surface area contributed by atoms with E-state index in [1.165, 1.54) is 18.7 Å². The SMILES string of the molecule is CC(C)Oc1ccc(S(=O)(=O)NC(c2cc(Cl)cc(Cl)c2)C2CCCCC2)cn1. The Hall–Kier alpha value is -1.34. The van der Waals surface area contributed by atoms with Gasteiger partial charge < -0.3 is 4.74 Å². The van der Waals surface area contributed by atoms with Crippen LogP contribution in [0.5, 0.6) is 5.88 Å². The quantitative estimate of drug-likeness (QED) is 0.573. The fraction of sp³-hybridized carbons (Fsp3) is 0.476. The van der Waals surface area contributed by atoms with Crippen molar-refractivity contribution in [2.45, 2.75) is 63.0 Å². The summed E-state index contributed by atoms with van der Waals surface area (Å²) in [6, 6.07) is 7.90. The molecule has 1 saturated carbocycles. The summed E-state index contributed by atoms with van der Waals surface area (Å²) in [4.78, 5) is 4.22. The van der Waals surface area contributed by atoms with Crippen LogP contribution < -0.4 is 9.46 Å². The molecule has 1 unspecified atom stereocenters. The molecule has 8 heteroatoms. The van der Waals surface area contributed by atoms with E-state index in [0.29, 0.717) is 15.9 Å². The maximum absolute atomic E-state index is 13.1. The minimum atomic E-state index is -3.78. The second-order valence-corrected chi connectivity index (χ2v) is 10.3. The molecule has 2 aromatic rings. The third-order valence-electron chi connectivity index (χ3n) is 5.02. The molecule has 1 fully saturated rings. The first-order valence-corrected chi connectivity index (χ1v) is 12.1. The van der Waals surface area contributed by atoms with Crippen molar-refractivity contribution in [2.24, 2.45) is 5.92 Å². The third-order valence-corrected chi connectivity index (χ3v) is 6.89. The molecule has 1 aromatic heterocycles. The fourth-order valence-electron chi connectivity index (χ4n) is 3.73. The van der Waals surface area contributed by atoms with Crippen LogP contribution in [0.3, 0.4) is 0 Å². The van der Waals surface area contributed by atoms with E-state index in [1.54, 1.807) is 24.3 Å². The third kappa shape index (κ3) is 6.07. The summed E-state index contributed by atoms with van der Waals surface area (Å²) in [6.07, 6.45) is 6.54. The topological polar surface area (TPSA) is 68.3 Å². The molecule has 1 aromatic carbocycles. The Labute approximate surface area is 182 Å². The van der Waals surface area contributed by atoms with Crippen LogP contribution in [-0.4, -0.2) is 19.5 Å². The van der Waals surface area contributed by atoms with Crippen LogP contribution >= 0.6 is 23.2 Å². The van der Waals surface area contributed by atoms with Gasteiger partial charge in [0.1, 0.15) is 4.90 Å². The Balaban J connectivity index is 1.89. The van der Waals surface area contributed by atoms with Gasteiger partial charge in [0.2, 0.25) is 15.9 Å². The van der Waals surface area contributed by atoms with Crippen LogP contribution in [0.4, 0.5) is 0 Å². The van der Waals surface area contributed by atoms with Crippen LogP contribution in [0, 0.1) is 5.92 Å². The molecule has 0 saturated heterocycles. The van der Waals surface area contributed by atoms with Gasteiger partial charge in [-0.3, -0.25) is 0 Å². The van der Waals surface area contributed by atoms with E-state index >= 15 is 0 Å². The van der Waals surface area contributed by atoms with Gasteiger partial charge in [0.15, 0.2) is 0 Å². The molecule has 5 nitrogen and oxygen atoms in total. The van der Waals surface area contributed by atoms with E-state index in [9.17, 15) is 8.42 Å². The molecule has 3 rings (SSSR count). The zero-order valence-corrected chi connectivity index (χ0v) is 18.9. The summed E-state index contributed by atoms with van der Waals surface area (Å²) in [5.74, 6) is 0.578. The van der Waals surface area contributed by atoms with Gasteiger partial charge in [-0.25, -0.2) is 18.1 Å². The molecule has 0 spiro atoms. The van der Waals surface area contributed by atoms with Crippen molar-refractivity contribution in [3.63, 3.8) is 0 Å². The summed E-state index contributed by atoms with van der Waals surface area (Å²) in [6.45, 7) is 3.78. The molecule has 1 N–H and O–H groups in total. The average Bonchev–Trinajstić information content (AvgIpc) is 2.66. The second kappa shape index (κ2) is 9.65. The Morgan fingerprint density at radius 1 is 1.07 bits per heavy atom. The fourth-order valence-corrected chi connectivity index (χ4v) is 5.51. The van der Waals surface area contributed by atoms with Crippen molar-refractivity contribution in [3.8, 4) is 5.88 Å². The number of hydrogen-bond acceptors (Lipinski definition) is 4. The van der Waals surface area contributed by atoms with E-state index < -0.39 is 16.1 Å². The van der Waals surface area contributed by atoms with E-state index in [2.05, 4.69) is 9.71 Å². The lowest BCUT2D eigenvalue weighted by Crippen LogP contribution is -2.34. The zero-order chi connectivity index (χ0) is 21.0. The molecule has 0 radical (unpaired) electrons. The standard InChI is InChI=1S/C21H26Cl2N2O3S/c1-14(2)28-20-9-8-19(13-24-20)29(26,27)25-21(15-6-4-3-5-7-15)16-10-17(22)12-18(23)11-16/h8-15,21,25H,3-7H2,1-2H3. The molecule has 1 aliphatic rings. The lowest BCUT2D eigenvalue weighted by Gasteiger charge is -2.31. The van der Waals surface area contributed by atoms with E-state index in [0.717, 1.165) is 31.2 Å². The van der Waals surface area contributed by atoms with Gasteiger partial charge in [0, 0.05) is 22.2 Å². The smallest absolute Gasteiger partial charge is 0.242 e. The molecular weight excluding hydrogens is 431 g/mol. The van der Waals surface area contributed by atoms with Gasteiger partial charge in [-0.15, -0.1) is 0 Å². The first-order valence-electron chi connectivity index (χ1n) is 9.85. The number of aromatic nitrogens is 1. The Morgan fingerprint density at radius 3 is 2.28 bits per heavy atom. The predicted molar refractivity (Wildman–Crippen MR) is 116 cm³/mol. The highest BCUT2D eigenvalue weighted by Gasteiger charge is 2.30. The van der Waals surface area contributed by atoms with Crippen LogP contribution in [0.1, 0.15) is 57.6 Å². The highest BCUT2D eigenvalue weighted by molar-refractivity contribution is 7.89. The number of ether oxygens (including phenoxy) is 1. The van der Waals surface area contributed by atoms with Crippen LogP contribution in [0.25, 0.3) is 0 Å². The highest BCUT2D eigenvalue weighted by atomic mass is 35.5. The van der Waals surface area contributed by atoms with E-state index in [1.807, 2.05) is 13.8 Å². The second-order valence-electron chi connectivity index (χ2n) is 7.70. The molecule has 0 aliphatic heterocycles. The monoisotopic (exact) mass is 456 g/mol. The van der Waals surface area contributed by atoms with Crippen molar-refractivity contribution in [1.29, 1.82) is 0 Å². The van der Waals surface area contributed by atoms with Crippen LogP contribution in [-0.2, 0) is 10.0 Å². The first kappa shape index (κ1) is 22.3. The molecule has 1 aliphatic carbocycles. The maximum Gasteiger partial charge on any atom is 0.242 e. The van der Waals surface area contributed by atoms with Gasteiger partial charge in [-0.05, 0) is 62.4 Å². The van der Waals surface area contributed by atoms with Crippen molar-refractivity contribution in [1.82, 2.24) is 9.71 Å². The van der Waals surface area contributed by atoms with Crippen molar-refractivity contribution in [2.75, 3.05) is 0 Å². The molecule has 29 heavy (non-hydrogen) atoms. The van der Waals surface area contributed by atoms with Crippen LogP contribution in [0.15, 0.2) is 41.4 Å². The number of benzene rings is 1. The van der Waals surface area contributed by atoms with Crippen molar-refractivity contribution in [3.05, 3.63) is 52.1 Å². The first-order chi connectivity index (χ1) is 13.7. The number of pyridine rings is 1. The molecule has 0 amide bonds. The summed E-state index contributed by atoms with van der Waals surface area (Å²) >= 11 is 12.4. The van der Waals surface area contributed by atoms with Crippen LogP contribution in [0.2, 0.25) is 10.0 Å². The Kier molecular flexibility index (Phi) is 7.43. The normalized spacial score (nSPS) is 16.7. The molecular formula is C21H26Cl2N2O3S. The lowest BCUT2D eigenvalue weighted by atomic mass is 9.81. The van der Waals surface area contributed by atoms with E-state index in [-0.39, 0.29) is 16.9 Å². The molecule has 1 heterocycles. The van der Waals surface area contributed by atoms with Gasteiger partial charge in [0.25, 0.3) is 0 Å². The number of halogens is 2. The van der Waals surface area contributed by atoms with Gasteiger partial charge >= 0.3 is 0 Å². The van der Waals surface area contributed by atoms with Gasteiger partial charge in [0.05, 0.1) is 12.3 Å². The Morgan fingerprint density at radius 2 is 1.72 bits per heavy atom. The summed E-state index contributed by atoms with van der Waals surface area (Å²) in [5.41, 5.74) is 0.783. The number of nitrogens with zero attached hydrogens (tertiary/aromatic N) is 1. The van der Waals surface area contributed by atoms with E-state index in [4.69, 9.17) is 27.9 Å². The van der Waals surface area contributed by atoms with Crippen molar-refractivity contribution < 1.29 is 13.2 Å². The lowest BCUT2D eigenvalue weighted by molar-refractivity contribution is 0.232. The minimum Gasteiger partial charge on any atom is -0.475 e. The van der Waals surface area contributed by atoms with Gasteiger partial charge in [-0.1, -0.05) is 42.5 Å². The number of hydrogen-bond donors (Lipinski definition) is 1. The molecule has 158 valence electrons. The maximum atomic E-state index is 13.1. The minimum absolute atomic E-state index is 0.0358. The average molecular weight is 457 g/mol. The zero-order valence-electron chi connectivity index (χ0n) is 16.6. The number of nitrogens with one attached hydrogen (secondary N) is 1. The van der Waals surface area contributed by atoms with Crippen molar-refractivity contribution >= 4 is 33.2 Å². The summed E-state index contributed by atoms with van der Waals surface area (Å²) in [5, 5.41) is 0.980. The molecule has 1 atom stereocenters. The summed E-state index contributed by atoms with van der Waals surface area (Å²) < 4.78 is 34.6. The Bertz CT molecular complexity index is 907. The number of rotatable bonds is 7. The van der Waals surface area contributed by atoms with Gasteiger partial charge in [-0.2, -0.15) is 0 Å².